The van der Waals surface area contributed by atoms with Crippen molar-refractivity contribution in [2.24, 2.45) is 0 Å². The summed E-state index contributed by atoms with van der Waals surface area (Å²) in [7, 11) is 1.89. The summed E-state index contributed by atoms with van der Waals surface area (Å²) in [6.45, 7) is 4.66. The molecule has 0 saturated carbocycles. The van der Waals surface area contributed by atoms with Crippen molar-refractivity contribution in [1.29, 1.82) is 0 Å². The van der Waals surface area contributed by atoms with E-state index in [4.69, 9.17) is 4.98 Å². The molecule has 0 atom stereocenters. The number of benzene rings is 2. The van der Waals surface area contributed by atoms with Crippen molar-refractivity contribution in [1.82, 2.24) is 40.3 Å². The lowest BCUT2D eigenvalue weighted by molar-refractivity contribution is 0.331. The van der Waals surface area contributed by atoms with Gasteiger partial charge in [0.05, 0.1) is 16.4 Å². The minimum atomic E-state index is -0.302. The standard InChI is InChI=1S/C32H32FN9/c1-34-7-8-36-25-13-21(12-24(33)15-25)26-5-4-6-28-29(26)39-32(38-28)30-27-14-23(18-37-31(27)41-40-30)22-11-20(16-35-17-22)19-42-9-2-3-10-42/h4-6,11-18,34,36H,2-3,7-10,19H2,1H3,(H,38,39)(H,37,40,41). The SMILES string of the molecule is CNCCNc1cc(F)cc(-c2cccc3[nH]c(-c4[nH]nc5ncc(-c6cncc(CN7CCCC7)c6)cc45)nc23)c1. The van der Waals surface area contributed by atoms with Gasteiger partial charge in [-0.1, -0.05) is 12.1 Å². The van der Waals surface area contributed by atoms with Crippen LogP contribution in [0.3, 0.4) is 0 Å². The first-order chi connectivity index (χ1) is 20.6. The summed E-state index contributed by atoms with van der Waals surface area (Å²) in [5.41, 5.74) is 8.47. The normalized spacial score (nSPS) is 13.9. The van der Waals surface area contributed by atoms with Gasteiger partial charge in [0, 0.05) is 60.6 Å². The number of H-pyrrole nitrogens is 2. The van der Waals surface area contributed by atoms with Gasteiger partial charge in [-0.3, -0.25) is 15.0 Å². The Morgan fingerprint density at radius 2 is 1.83 bits per heavy atom. The van der Waals surface area contributed by atoms with E-state index in [1.54, 1.807) is 6.07 Å². The fourth-order valence-electron chi connectivity index (χ4n) is 5.73. The molecule has 9 nitrogen and oxygen atoms in total. The number of para-hydroxylation sites is 1. The molecule has 0 radical (unpaired) electrons. The predicted octanol–water partition coefficient (Wildman–Crippen LogP) is 5.60. The van der Waals surface area contributed by atoms with Gasteiger partial charge in [-0.25, -0.2) is 14.4 Å². The lowest BCUT2D eigenvalue weighted by Gasteiger charge is -2.14. The topological polar surface area (TPSA) is 110 Å². The molecule has 7 rings (SSSR count). The smallest absolute Gasteiger partial charge is 0.181 e. The number of anilines is 1. The number of nitrogens with one attached hydrogen (secondary N) is 4. The molecule has 10 heteroatoms. The van der Waals surface area contributed by atoms with Crippen LogP contribution >= 0.6 is 0 Å². The maximum absolute atomic E-state index is 14.6. The van der Waals surface area contributed by atoms with Crippen LogP contribution < -0.4 is 10.6 Å². The maximum Gasteiger partial charge on any atom is 0.181 e. The molecule has 1 saturated heterocycles. The average Bonchev–Trinajstić information content (AvgIpc) is 3.76. The second-order valence-corrected chi connectivity index (χ2v) is 10.8. The van der Waals surface area contributed by atoms with E-state index in [9.17, 15) is 4.39 Å². The molecule has 0 amide bonds. The quantitative estimate of drug-likeness (QED) is 0.170. The number of aromatic nitrogens is 6. The van der Waals surface area contributed by atoms with Gasteiger partial charge in [-0.2, -0.15) is 5.10 Å². The molecule has 5 heterocycles. The fraction of sp³-hybridized carbons (Fsp3) is 0.250. The van der Waals surface area contributed by atoms with Crippen molar-refractivity contribution in [3.63, 3.8) is 0 Å². The van der Waals surface area contributed by atoms with Gasteiger partial charge in [0.2, 0.25) is 0 Å². The zero-order chi connectivity index (χ0) is 28.5. The number of likely N-dealkylation sites (N-methyl/N-ethyl adjacent to an activating group) is 1. The molecule has 6 aromatic rings. The Morgan fingerprint density at radius 1 is 0.952 bits per heavy atom. The Kier molecular flexibility index (Phi) is 7.06. The van der Waals surface area contributed by atoms with Crippen molar-refractivity contribution in [2.75, 3.05) is 38.5 Å². The van der Waals surface area contributed by atoms with Gasteiger partial charge in [0.1, 0.15) is 11.5 Å². The Labute approximate surface area is 242 Å². The van der Waals surface area contributed by atoms with E-state index in [1.807, 2.05) is 49.9 Å². The van der Waals surface area contributed by atoms with E-state index in [1.165, 1.54) is 24.5 Å². The number of rotatable bonds is 9. The monoisotopic (exact) mass is 561 g/mol. The molecule has 2 aromatic carbocycles. The Hall–Kier alpha value is -4.67. The number of nitrogens with zero attached hydrogens (tertiary/aromatic N) is 5. The van der Waals surface area contributed by atoms with Crippen molar-refractivity contribution >= 4 is 27.8 Å². The molecule has 1 fully saturated rings. The van der Waals surface area contributed by atoms with Gasteiger partial charge in [-0.05, 0) is 80.5 Å². The van der Waals surface area contributed by atoms with Gasteiger partial charge in [0.25, 0.3) is 0 Å². The van der Waals surface area contributed by atoms with Gasteiger partial charge in [-0.15, -0.1) is 0 Å². The number of imidazole rings is 1. The first kappa shape index (κ1) is 26.2. The van der Waals surface area contributed by atoms with Crippen molar-refractivity contribution in [3.8, 4) is 33.8 Å². The Bertz CT molecular complexity index is 1870. The lowest BCUT2D eigenvalue weighted by Crippen LogP contribution is -2.18. The second kappa shape index (κ2) is 11.3. The van der Waals surface area contributed by atoms with Crippen LogP contribution in [0.15, 0.2) is 67.1 Å². The summed E-state index contributed by atoms with van der Waals surface area (Å²) >= 11 is 0. The molecule has 0 bridgehead atoms. The molecular weight excluding hydrogens is 529 g/mol. The van der Waals surface area contributed by atoms with E-state index in [0.29, 0.717) is 18.0 Å². The van der Waals surface area contributed by atoms with Crippen LogP contribution in [0.25, 0.3) is 55.8 Å². The van der Waals surface area contributed by atoms with E-state index in [0.717, 1.165) is 76.2 Å². The van der Waals surface area contributed by atoms with E-state index in [-0.39, 0.29) is 5.82 Å². The molecule has 1 aliphatic heterocycles. The first-order valence-electron chi connectivity index (χ1n) is 14.3. The summed E-state index contributed by atoms with van der Waals surface area (Å²) in [4.78, 5) is 20.0. The predicted molar refractivity (Wildman–Crippen MR) is 165 cm³/mol. The third kappa shape index (κ3) is 5.22. The van der Waals surface area contributed by atoms with Crippen LogP contribution in [0.1, 0.15) is 18.4 Å². The van der Waals surface area contributed by atoms with Crippen LogP contribution in [0, 0.1) is 5.82 Å². The molecule has 42 heavy (non-hydrogen) atoms. The molecule has 0 unspecified atom stereocenters. The molecular formula is C32H32FN9. The number of halogens is 1. The van der Waals surface area contributed by atoms with E-state index >= 15 is 0 Å². The number of hydrogen-bond donors (Lipinski definition) is 4. The van der Waals surface area contributed by atoms with Crippen LogP contribution in [-0.4, -0.2) is 68.3 Å². The molecule has 0 aliphatic carbocycles. The summed E-state index contributed by atoms with van der Waals surface area (Å²) in [5.74, 6) is 0.341. The molecule has 4 aromatic heterocycles. The molecule has 0 spiro atoms. The third-order valence-corrected chi connectivity index (χ3v) is 7.81. The highest BCUT2D eigenvalue weighted by Crippen LogP contribution is 2.34. The maximum atomic E-state index is 14.6. The van der Waals surface area contributed by atoms with Crippen LogP contribution in [0.2, 0.25) is 0 Å². The van der Waals surface area contributed by atoms with Gasteiger partial charge < -0.3 is 15.6 Å². The highest BCUT2D eigenvalue weighted by Gasteiger charge is 2.17. The highest BCUT2D eigenvalue weighted by molar-refractivity contribution is 5.97. The highest BCUT2D eigenvalue weighted by atomic mass is 19.1. The average molecular weight is 562 g/mol. The summed E-state index contributed by atoms with van der Waals surface area (Å²) in [6, 6.07) is 15.2. The number of likely N-dealkylation sites (tertiary alicyclic amines) is 1. The van der Waals surface area contributed by atoms with E-state index < -0.39 is 0 Å². The minimum Gasteiger partial charge on any atom is -0.384 e. The first-order valence-corrected chi connectivity index (χ1v) is 14.3. The van der Waals surface area contributed by atoms with Gasteiger partial charge >= 0.3 is 0 Å². The second-order valence-electron chi connectivity index (χ2n) is 10.8. The van der Waals surface area contributed by atoms with Crippen LogP contribution in [-0.2, 0) is 6.54 Å². The van der Waals surface area contributed by atoms with Crippen molar-refractivity contribution in [3.05, 3.63) is 78.5 Å². The molecule has 1 aliphatic rings. The number of hydrogen-bond acceptors (Lipinski definition) is 7. The Morgan fingerprint density at radius 3 is 2.71 bits per heavy atom. The zero-order valence-corrected chi connectivity index (χ0v) is 23.4. The summed E-state index contributed by atoms with van der Waals surface area (Å²) in [5, 5.41) is 14.8. The minimum absolute atomic E-state index is 0.302. The molecule has 4 N–H and O–H groups in total. The lowest BCUT2D eigenvalue weighted by atomic mass is 10.0. The van der Waals surface area contributed by atoms with Crippen LogP contribution in [0.4, 0.5) is 10.1 Å². The fourth-order valence-corrected chi connectivity index (χ4v) is 5.73. The largest absolute Gasteiger partial charge is 0.384 e. The van der Waals surface area contributed by atoms with E-state index in [2.05, 4.69) is 52.8 Å². The third-order valence-electron chi connectivity index (χ3n) is 7.81. The Balaban J connectivity index is 1.24. The zero-order valence-electron chi connectivity index (χ0n) is 23.4. The number of fused-ring (bicyclic) bond motifs is 2. The summed E-state index contributed by atoms with van der Waals surface area (Å²) in [6.07, 6.45) is 8.19. The number of pyridine rings is 2. The molecule has 212 valence electrons. The van der Waals surface area contributed by atoms with Crippen LogP contribution in [0.5, 0.6) is 0 Å². The van der Waals surface area contributed by atoms with Crippen molar-refractivity contribution in [2.45, 2.75) is 19.4 Å². The van der Waals surface area contributed by atoms with Gasteiger partial charge in [0.15, 0.2) is 11.5 Å². The van der Waals surface area contributed by atoms with Crippen molar-refractivity contribution < 1.29 is 4.39 Å². The number of aromatic amines is 2. The summed E-state index contributed by atoms with van der Waals surface area (Å²) < 4.78 is 14.6.